The minimum absolute atomic E-state index is 0.0803. The lowest BCUT2D eigenvalue weighted by Gasteiger charge is -2.14. The summed E-state index contributed by atoms with van der Waals surface area (Å²) >= 11 is 6.35. The van der Waals surface area contributed by atoms with E-state index < -0.39 is 6.04 Å². The molecule has 0 bridgehead atoms. The highest BCUT2D eigenvalue weighted by Gasteiger charge is 2.26. The van der Waals surface area contributed by atoms with Gasteiger partial charge in [0, 0.05) is 34.7 Å². The summed E-state index contributed by atoms with van der Waals surface area (Å²) in [6.45, 7) is 4.24. The van der Waals surface area contributed by atoms with E-state index >= 15 is 0 Å². The molecule has 1 atom stereocenters. The van der Waals surface area contributed by atoms with Crippen LogP contribution in [-0.4, -0.2) is 30.0 Å². The number of fused-ring (bicyclic) bond motifs is 1. The summed E-state index contributed by atoms with van der Waals surface area (Å²) in [5.41, 5.74) is 13.2. The van der Waals surface area contributed by atoms with Crippen molar-refractivity contribution in [1.82, 2.24) is 0 Å². The normalized spacial score (nSPS) is 15.3. The van der Waals surface area contributed by atoms with Gasteiger partial charge in [0.1, 0.15) is 6.04 Å². The molecule has 35 heavy (non-hydrogen) atoms. The van der Waals surface area contributed by atoms with E-state index in [1.165, 1.54) is 11.1 Å². The number of carbonyl (C=O) groups excluding carboxylic acids is 2. The summed E-state index contributed by atoms with van der Waals surface area (Å²) in [6, 6.07) is 19.0. The number of nitrogens with zero attached hydrogens (tertiary/aromatic N) is 1. The van der Waals surface area contributed by atoms with E-state index in [1.807, 2.05) is 42.5 Å². The first-order chi connectivity index (χ1) is 16.9. The zero-order valence-corrected chi connectivity index (χ0v) is 20.9. The topological polar surface area (TPSA) is 84.6 Å². The highest BCUT2D eigenvalue weighted by atomic mass is 35.5. The first-order valence-electron chi connectivity index (χ1n) is 12.0. The number of carbonyl (C=O) groups is 2. The lowest BCUT2D eigenvalue weighted by molar-refractivity contribution is -0.119. The van der Waals surface area contributed by atoms with Crippen LogP contribution in [0.4, 0.5) is 5.69 Å². The molecule has 1 amide bonds. The summed E-state index contributed by atoms with van der Waals surface area (Å²) in [5, 5.41) is 3.35. The molecule has 5 nitrogen and oxygen atoms in total. The van der Waals surface area contributed by atoms with Crippen molar-refractivity contribution >= 4 is 34.7 Å². The Morgan fingerprint density at radius 2 is 1.77 bits per heavy atom. The van der Waals surface area contributed by atoms with Crippen molar-refractivity contribution in [2.75, 3.05) is 11.9 Å². The minimum Gasteiger partial charge on any atom is -0.325 e. The van der Waals surface area contributed by atoms with Crippen molar-refractivity contribution in [3.63, 3.8) is 0 Å². The molecule has 0 spiro atoms. The van der Waals surface area contributed by atoms with Crippen LogP contribution in [0.15, 0.2) is 65.7 Å². The van der Waals surface area contributed by atoms with Gasteiger partial charge in [-0.05, 0) is 59.4 Å². The Labute approximate surface area is 211 Å². The SMILES string of the molecule is CCc1ccc(CC2N=C(c3ccc(NC(=O)CN)cc3)c3cc(Cl)ccc3CC2=O)cc1CC. The van der Waals surface area contributed by atoms with E-state index in [9.17, 15) is 9.59 Å². The molecule has 1 aliphatic heterocycles. The molecule has 180 valence electrons. The van der Waals surface area contributed by atoms with Crippen LogP contribution in [0.3, 0.4) is 0 Å². The van der Waals surface area contributed by atoms with Gasteiger partial charge < -0.3 is 11.1 Å². The third-order valence-corrected chi connectivity index (χ3v) is 6.67. The number of aliphatic imine (C=N–C) groups is 1. The maximum absolute atomic E-state index is 13.3. The number of hydrogen-bond donors (Lipinski definition) is 2. The van der Waals surface area contributed by atoms with E-state index in [2.05, 4.69) is 37.4 Å². The fourth-order valence-electron chi connectivity index (χ4n) is 4.54. The summed E-state index contributed by atoms with van der Waals surface area (Å²) in [5.74, 6) is -0.166. The molecule has 1 aliphatic rings. The minimum atomic E-state index is -0.495. The number of nitrogens with one attached hydrogen (secondary N) is 1. The Bertz CT molecular complexity index is 1280. The molecule has 6 heteroatoms. The Balaban J connectivity index is 1.74. The van der Waals surface area contributed by atoms with E-state index in [1.54, 1.807) is 0 Å². The van der Waals surface area contributed by atoms with Crippen molar-refractivity contribution in [1.29, 1.82) is 0 Å². The third-order valence-electron chi connectivity index (χ3n) is 6.44. The van der Waals surface area contributed by atoms with Crippen LogP contribution in [0.25, 0.3) is 0 Å². The van der Waals surface area contributed by atoms with Gasteiger partial charge in [0.2, 0.25) is 5.91 Å². The number of benzene rings is 3. The second-order valence-corrected chi connectivity index (χ2v) is 9.22. The molecular formula is C29H30ClN3O2. The molecule has 4 rings (SSSR count). The van der Waals surface area contributed by atoms with Crippen LogP contribution in [0, 0.1) is 0 Å². The standard InChI is InChI=1S/C29H30ClN3O2/c1-3-19-6-5-18(13-20(19)4-2)14-26-27(34)15-22-7-10-23(30)16-25(22)29(33-26)21-8-11-24(12-9-21)32-28(35)17-31/h5-13,16,26H,3-4,14-15,17,31H2,1-2H3,(H,32,35). The largest absolute Gasteiger partial charge is 0.325 e. The first-order valence-corrected chi connectivity index (χ1v) is 12.4. The molecule has 1 heterocycles. The highest BCUT2D eigenvalue weighted by Crippen LogP contribution is 2.27. The van der Waals surface area contributed by atoms with Crippen LogP contribution in [0.5, 0.6) is 0 Å². The molecule has 3 N–H and O–H groups in total. The average molecular weight is 488 g/mol. The number of nitrogens with two attached hydrogens (primary N) is 1. The predicted molar refractivity (Wildman–Crippen MR) is 143 cm³/mol. The van der Waals surface area contributed by atoms with Crippen molar-refractivity contribution in [3.05, 3.63) is 99.1 Å². The molecule has 3 aromatic carbocycles. The summed E-state index contributed by atoms with van der Waals surface area (Å²) in [6.07, 6.45) is 2.81. The lowest BCUT2D eigenvalue weighted by Crippen LogP contribution is -2.23. The van der Waals surface area contributed by atoms with Gasteiger partial charge in [-0.3, -0.25) is 14.6 Å². The van der Waals surface area contributed by atoms with Crippen molar-refractivity contribution in [2.24, 2.45) is 10.7 Å². The van der Waals surface area contributed by atoms with Crippen LogP contribution in [0.2, 0.25) is 5.02 Å². The van der Waals surface area contributed by atoms with Crippen LogP contribution in [-0.2, 0) is 35.3 Å². The molecule has 0 saturated heterocycles. The molecule has 0 aliphatic carbocycles. The maximum atomic E-state index is 13.3. The lowest BCUT2D eigenvalue weighted by atomic mass is 9.94. The van der Waals surface area contributed by atoms with E-state index in [4.69, 9.17) is 22.3 Å². The molecule has 3 aromatic rings. The van der Waals surface area contributed by atoms with Gasteiger partial charge >= 0.3 is 0 Å². The van der Waals surface area contributed by atoms with Crippen LogP contribution in [0.1, 0.15) is 47.2 Å². The van der Waals surface area contributed by atoms with E-state index in [0.29, 0.717) is 23.6 Å². The van der Waals surface area contributed by atoms with Crippen LogP contribution >= 0.6 is 11.6 Å². The van der Waals surface area contributed by atoms with Gasteiger partial charge in [0.15, 0.2) is 5.78 Å². The number of amides is 1. The molecule has 0 aromatic heterocycles. The van der Waals surface area contributed by atoms with Gasteiger partial charge in [-0.15, -0.1) is 0 Å². The summed E-state index contributed by atoms with van der Waals surface area (Å²) in [7, 11) is 0. The molecule has 1 unspecified atom stereocenters. The second-order valence-electron chi connectivity index (χ2n) is 8.78. The zero-order chi connectivity index (χ0) is 24.9. The van der Waals surface area contributed by atoms with Gasteiger partial charge in [0.25, 0.3) is 0 Å². The number of rotatable bonds is 7. The number of Topliss-reactive ketones (excluding diaryl/α,β-unsaturated/α-hetero) is 1. The molecule has 0 radical (unpaired) electrons. The zero-order valence-electron chi connectivity index (χ0n) is 20.1. The van der Waals surface area contributed by atoms with Gasteiger partial charge in [-0.1, -0.05) is 61.8 Å². The summed E-state index contributed by atoms with van der Waals surface area (Å²) < 4.78 is 0. The molecular weight excluding hydrogens is 458 g/mol. The van der Waals surface area contributed by atoms with E-state index in [0.717, 1.165) is 40.8 Å². The van der Waals surface area contributed by atoms with Crippen molar-refractivity contribution < 1.29 is 9.59 Å². The number of anilines is 1. The Morgan fingerprint density at radius 3 is 2.46 bits per heavy atom. The number of halogens is 1. The van der Waals surface area contributed by atoms with Gasteiger partial charge in [-0.2, -0.15) is 0 Å². The van der Waals surface area contributed by atoms with Gasteiger partial charge in [-0.25, -0.2) is 0 Å². The Kier molecular flexibility index (Phi) is 7.79. The first kappa shape index (κ1) is 24.8. The fraction of sp³-hybridized carbons (Fsp3) is 0.276. The fourth-order valence-corrected chi connectivity index (χ4v) is 4.71. The monoisotopic (exact) mass is 487 g/mol. The molecule has 0 fully saturated rings. The summed E-state index contributed by atoms with van der Waals surface area (Å²) in [4.78, 5) is 30.0. The smallest absolute Gasteiger partial charge is 0.238 e. The Hall–Kier alpha value is -3.28. The molecule has 0 saturated carbocycles. The third kappa shape index (κ3) is 5.69. The van der Waals surface area contributed by atoms with Crippen molar-refractivity contribution in [3.8, 4) is 0 Å². The quantitative estimate of drug-likeness (QED) is 0.495. The number of ketones is 1. The Morgan fingerprint density at radius 1 is 1.03 bits per heavy atom. The van der Waals surface area contributed by atoms with Crippen LogP contribution < -0.4 is 11.1 Å². The predicted octanol–water partition coefficient (Wildman–Crippen LogP) is 4.94. The number of aryl methyl sites for hydroxylation is 2. The van der Waals surface area contributed by atoms with Crippen molar-refractivity contribution in [2.45, 2.75) is 45.6 Å². The number of hydrogen-bond acceptors (Lipinski definition) is 4. The second kappa shape index (κ2) is 11.0. The van der Waals surface area contributed by atoms with E-state index in [-0.39, 0.29) is 18.2 Å². The average Bonchev–Trinajstić information content (AvgIpc) is 3.00. The highest BCUT2D eigenvalue weighted by molar-refractivity contribution is 6.31. The van der Waals surface area contributed by atoms with Gasteiger partial charge in [0.05, 0.1) is 12.3 Å². The maximum Gasteiger partial charge on any atom is 0.238 e.